The Labute approximate surface area is 108 Å². The quantitative estimate of drug-likeness (QED) is 0.870. The highest BCUT2D eigenvalue weighted by molar-refractivity contribution is 7.84. The predicted octanol–water partition coefficient (Wildman–Crippen LogP) is 2.34. The van der Waals surface area contributed by atoms with Crippen LogP contribution in [0.4, 0.5) is 0 Å². The molecule has 0 amide bonds. The van der Waals surface area contributed by atoms with Crippen LogP contribution in [-0.4, -0.2) is 30.8 Å². The second-order valence-electron chi connectivity index (χ2n) is 4.27. The summed E-state index contributed by atoms with van der Waals surface area (Å²) in [5.41, 5.74) is 2.86. The number of pyridine rings is 1. The molecule has 0 aliphatic heterocycles. The van der Waals surface area contributed by atoms with E-state index in [4.69, 9.17) is 12.2 Å². The summed E-state index contributed by atoms with van der Waals surface area (Å²) in [7, 11) is -0.845. The van der Waals surface area contributed by atoms with E-state index in [-0.39, 0.29) is 6.04 Å². The van der Waals surface area contributed by atoms with Gasteiger partial charge in [0.25, 0.3) is 0 Å². The second kappa shape index (κ2) is 4.70. The minimum Gasteiger partial charge on any atom is -0.329 e. The Kier molecular flexibility index (Phi) is 3.44. The Morgan fingerprint density at radius 2 is 2.35 bits per heavy atom. The van der Waals surface area contributed by atoms with Crippen molar-refractivity contribution in [2.75, 3.05) is 12.0 Å². The normalized spacial score (nSPS) is 15.0. The monoisotopic (exact) mass is 269 g/mol. The van der Waals surface area contributed by atoms with E-state index in [9.17, 15) is 4.21 Å². The lowest BCUT2D eigenvalue weighted by Gasteiger charge is -2.12. The molecule has 0 saturated heterocycles. The van der Waals surface area contributed by atoms with Gasteiger partial charge in [-0.05, 0) is 37.7 Å². The molecule has 0 bridgehead atoms. The Bertz CT molecular complexity index is 629. The van der Waals surface area contributed by atoms with Crippen molar-refractivity contribution in [1.29, 1.82) is 0 Å². The molecule has 2 unspecified atom stereocenters. The number of imidazole rings is 1. The zero-order valence-electron chi connectivity index (χ0n) is 10.1. The molecule has 2 atom stereocenters. The van der Waals surface area contributed by atoms with Crippen LogP contribution in [-0.2, 0) is 10.8 Å². The molecule has 0 radical (unpaired) electrons. The van der Waals surface area contributed by atoms with Gasteiger partial charge in [0.15, 0.2) is 10.4 Å². The Hall–Kier alpha value is -1.01. The Morgan fingerprint density at radius 1 is 1.65 bits per heavy atom. The standard InChI is InChI=1S/C11H15N3OS2/c1-7-4-9-10(12-5-7)14(11(16)13-9)8(2)6-17(3)15/h4-5,8H,6H2,1-3H3,(H,13,16). The molecule has 4 nitrogen and oxygen atoms in total. The van der Waals surface area contributed by atoms with Gasteiger partial charge in [0.1, 0.15) is 0 Å². The van der Waals surface area contributed by atoms with E-state index < -0.39 is 10.8 Å². The van der Waals surface area contributed by atoms with Gasteiger partial charge in [-0.3, -0.25) is 8.78 Å². The summed E-state index contributed by atoms with van der Waals surface area (Å²) in [6.07, 6.45) is 3.52. The van der Waals surface area contributed by atoms with Crippen molar-refractivity contribution in [2.24, 2.45) is 0 Å². The SMILES string of the molecule is Cc1cnc2c(c1)[nH]c(=S)n2C(C)CS(C)=O. The molecule has 0 spiro atoms. The first-order valence-corrected chi connectivity index (χ1v) is 7.49. The number of nitrogens with zero attached hydrogens (tertiary/aromatic N) is 2. The summed E-state index contributed by atoms with van der Waals surface area (Å²) >= 11 is 5.29. The molecule has 2 aromatic rings. The highest BCUT2D eigenvalue weighted by Crippen LogP contribution is 2.18. The fourth-order valence-electron chi connectivity index (χ4n) is 1.94. The van der Waals surface area contributed by atoms with E-state index in [1.54, 1.807) is 6.26 Å². The first-order chi connectivity index (χ1) is 7.99. The van der Waals surface area contributed by atoms with Crippen molar-refractivity contribution in [3.8, 4) is 0 Å². The lowest BCUT2D eigenvalue weighted by molar-refractivity contribution is 0.601. The fourth-order valence-corrected chi connectivity index (χ4v) is 3.15. The molecule has 2 heterocycles. The maximum absolute atomic E-state index is 11.3. The molecular formula is C11H15N3OS2. The van der Waals surface area contributed by atoms with E-state index >= 15 is 0 Å². The number of hydrogen-bond donors (Lipinski definition) is 1. The van der Waals surface area contributed by atoms with Gasteiger partial charge in [0, 0.05) is 35.0 Å². The Morgan fingerprint density at radius 3 is 3.00 bits per heavy atom. The number of aromatic amines is 1. The molecule has 17 heavy (non-hydrogen) atoms. The van der Waals surface area contributed by atoms with Crippen LogP contribution in [0.3, 0.4) is 0 Å². The van der Waals surface area contributed by atoms with Gasteiger partial charge in [-0.15, -0.1) is 0 Å². The molecule has 0 aromatic carbocycles. The number of fused-ring (bicyclic) bond motifs is 1. The lowest BCUT2D eigenvalue weighted by atomic mass is 10.3. The Balaban J connectivity index is 2.57. The zero-order valence-corrected chi connectivity index (χ0v) is 11.7. The number of aryl methyl sites for hydroxylation is 1. The van der Waals surface area contributed by atoms with Gasteiger partial charge < -0.3 is 4.98 Å². The van der Waals surface area contributed by atoms with Gasteiger partial charge in [-0.25, -0.2) is 4.98 Å². The average molecular weight is 269 g/mol. The van der Waals surface area contributed by atoms with Crippen LogP contribution in [0.1, 0.15) is 18.5 Å². The molecule has 0 saturated carbocycles. The van der Waals surface area contributed by atoms with Crippen molar-refractivity contribution in [3.05, 3.63) is 22.6 Å². The van der Waals surface area contributed by atoms with E-state index in [0.717, 1.165) is 16.7 Å². The van der Waals surface area contributed by atoms with Crippen molar-refractivity contribution in [2.45, 2.75) is 19.9 Å². The summed E-state index contributed by atoms with van der Waals surface area (Å²) in [4.78, 5) is 7.53. The summed E-state index contributed by atoms with van der Waals surface area (Å²) in [6, 6.07) is 2.10. The van der Waals surface area contributed by atoms with Crippen molar-refractivity contribution in [1.82, 2.24) is 14.5 Å². The molecule has 0 aliphatic rings. The van der Waals surface area contributed by atoms with E-state index in [1.165, 1.54) is 0 Å². The molecule has 92 valence electrons. The number of nitrogens with one attached hydrogen (secondary N) is 1. The minimum absolute atomic E-state index is 0.0808. The van der Waals surface area contributed by atoms with Crippen LogP contribution in [0, 0.1) is 11.7 Å². The van der Waals surface area contributed by atoms with E-state index in [0.29, 0.717) is 10.5 Å². The highest BCUT2D eigenvalue weighted by atomic mass is 32.2. The summed E-state index contributed by atoms with van der Waals surface area (Å²) in [5, 5.41) is 0. The number of aromatic nitrogens is 3. The third kappa shape index (κ3) is 2.47. The van der Waals surface area contributed by atoms with E-state index in [1.807, 2.05) is 30.7 Å². The van der Waals surface area contributed by atoms with Gasteiger partial charge in [0.05, 0.1) is 5.52 Å². The molecule has 2 rings (SSSR count). The van der Waals surface area contributed by atoms with Gasteiger partial charge in [-0.1, -0.05) is 0 Å². The van der Waals surface area contributed by atoms with Crippen LogP contribution >= 0.6 is 12.2 Å². The van der Waals surface area contributed by atoms with Gasteiger partial charge >= 0.3 is 0 Å². The number of H-pyrrole nitrogens is 1. The summed E-state index contributed by atoms with van der Waals surface area (Å²) < 4.78 is 13.9. The molecule has 1 N–H and O–H groups in total. The number of rotatable bonds is 3. The van der Waals surface area contributed by atoms with Crippen molar-refractivity contribution in [3.63, 3.8) is 0 Å². The maximum atomic E-state index is 11.3. The van der Waals surface area contributed by atoms with E-state index in [2.05, 4.69) is 9.97 Å². The second-order valence-corrected chi connectivity index (χ2v) is 6.14. The van der Waals surface area contributed by atoms with Crippen LogP contribution in [0.15, 0.2) is 12.3 Å². The molecule has 6 heteroatoms. The third-order valence-corrected chi connectivity index (χ3v) is 3.86. The van der Waals surface area contributed by atoms with Crippen molar-refractivity contribution < 1.29 is 4.21 Å². The highest BCUT2D eigenvalue weighted by Gasteiger charge is 2.13. The molecular weight excluding hydrogens is 254 g/mol. The maximum Gasteiger partial charge on any atom is 0.179 e. The first kappa shape index (κ1) is 12.4. The zero-order chi connectivity index (χ0) is 12.6. The largest absolute Gasteiger partial charge is 0.329 e. The van der Waals surface area contributed by atoms with Crippen molar-refractivity contribution >= 4 is 34.2 Å². The molecule has 0 fully saturated rings. The van der Waals surface area contributed by atoms with Crippen LogP contribution < -0.4 is 0 Å². The van der Waals surface area contributed by atoms with Gasteiger partial charge in [0.2, 0.25) is 0 Å². The summed E-state index contributed by atoms with van der Waals surface area (Å²) in [6.45, 7) is 4.00. The smallest absolute Gasteiger partial charge is 0.179 e. The fraction of sp³-hybridized carbons (Fsp3) is 0.455. The number of hydrogen-bond acceptors (Lipinski definition) is 3. The minimum atomic E-state index is -0.845. The summed E-state index contributed by atoms with van der Waals surface area (Å²) in [5.74, 6) is 0.580. The lowest BCUT2D eigenvalue weighted by Crippen LogP contribution is -2.13. The van der Waals surface area contributed by atoms with Crippen LogP contribution in [0.25, 0.3) is 11.2 Å². The molecule has 0 aliphatic carbocycles. The predicted molar refractivity (Wildman–Crippen MR) is 73.3 cm³/mol. The topological polar surface area (TPSA) is 50.7 Å². The first-order valence-electron chi connectivity index (χ1n) is 5.36. The van der Waals surface area contributed by atoms with Crippen LogP contribution in [0.5, 0.6) is 0 Å². The average Bonchev–Trinajstić information content (AvgIpc) is 2.51. The van der Waals surface area contributed by atoms with Crippen LogP contribution in [0.2, 0.25) is 0 Å². The van der Waals surface area contributed by atoms with Gasteiger partial charge in [-0.2, -0.15) is 0 Å². The molecule has 2 aromatic heterocycles. The third-order valence-electron chi connectivity index (χ3n) is 2.61.